The van der Waals surface area contributed by atoms with Crippen LogP contribution in [0.15, 0.2) is 24.5 Å². The molecule has 0 atom stereocenters. The predicted octanol–water partition coefficient (Wildman–Crippen LogP) is 4.23. The van der Waals surface area contributed by atoms with Crippen LogP contribution in [0.3, 0.4) is 0 Å². The summed E-state index contributed by atoms with van der Waals surface area (Å²) in [6.07, 6.45) is -2.31. The van der Waals surface area contributed by atoms with E-state index in [4.69, 9.17) is 17.3 Å². The van der Waals surface area contributed by atoms with Gasteiger partial charge in [0, 0.05) is 12.1 Å². The van der Waals surface area contributed by atoms with E-state index in [1.807, 2.05) is 5.32 Å². The number of nitrogens with zero attached hydrogens (tertiary/aromatic N) is 4. The van der Waals surface area contributed by atoms with Crippen molar-refractivity contribution in [2.45, 2.75) is 6.18 Å². The highest BCUT2D eigenvalue weighted by Gasteiger charge is 2.30. The molecule has 1 aromatic carbocycles. The van der Waals surface area contributed by atoms with E-state index < -0.39 is 52.3 Å². The Hall–Kier alpha value is -3.15. The fraction of sp³-hybridized carbons (Fsp3) is 0.125. The molecule has 0 aliphatic carbocycles. The third-order valence-corrected chi connectivity index (χ3v) is 3.72. The molecule has 13 heteroatoms. The van der Waals surface area contributed by atoms with Crippen LogP contribution in [-0.2, 0) is 0 Å². The van der Waals surface area contributed by atoms with Crippen LogP contribution in [0.1, 0.15) is 0 Å². The molecule has 3 rings (SSSR count). The summed E-state index contributed by atoms with van der Waals surface area (Å²) < 4.78 is 79.7. The maximum absolute atomic E-state index is 14.2. The fourth-order valence-corrected chi connectivity index (χ4v) is 2.57. The zero-order valence-corrected chi connectivity index (χ0v) is 14.8. The monoisotopic (exact) mass is 434 g/mol. The van der Waals surface area contributed by atoms with Crippen molar-refractivity contribution in [2.24, 2.45) is 0 Å². The van der Waals surface area contributed by atoms with Crippen LogP contribution in [0.5, 0.6) is 0 Å². The van der Waals surface area contributed by atoms with Crippen LogP contribution < -0.4 is 11.1 Å². The standard InChI is InChI=1S/C16H9ClF6N6/c17-12-11(10-8(19)1-6(18)2-9(10)20)13(27-5-16(21,22)23)29-15(28-12)14-25-3-7(24)4-26-14/h1-4H,5,24H2,(H,27,28,29). The van der Waals surface area contributed by atoms with Crippen molar-refractivity contribution in [3.8, 4) is 22.8 Å². The molecule has 6 nitrogen and oxygen atoms in total. The van der Waals surface area contributed by atoms with Crippen molar-refractivity contribution in [3.63, 3.8) is 0 Å². The Kier molecular flexibility index (Phi) is 5.46. The van der Waals surface area contributed by atoms with Gasteiger partial charge in [0.25, 0.3) is 0 Å². The molecule has 0 unspecified atom stereocenters. The minimum Gasteiger partial charge on any atom is -0.396 e. The molecular weight excluding hydrogens is 426 g/mol. The first-order chi connectivity index (χ1) is 13.5. The smallest absolute Gasteiger partial charge is 0.396 e. The largest absolute Gasteiger partial charge is 0.405 e. The number of alkyl halides is 3. The Labute approximate surface area is 163 Å². The highest BCUT2D eigenvalue weighted by molar-refractivity contribution is 6.32. The van der Waals surface area contributed by atoms with E-state index in [0.717, 1.165) is 0 Å². The first-order valence-corrected chi connectivity index (χ1v) is 8.04. The van der Waals surface area contributed by atoms with Gasteiger partial charge in [0.1, 0.15) is 35.0 Å². The number of nitrogens with one attached hydrogen (secondary N) is 1. The Morgan fingerprint density at radius 2 is 1.52 bits per heavy atom. The van der Waals surface area contributed by atoms with E-state index in [2.05, 4.69) is 19.9 Å². The number of halogens is 7. The second kappa shape index (κ2) is 7.70. The van der Waals surface area contributed by atoms with E-state index in [1.54, 1.807) is 0 Å². The number of hydrogen-bond donors (Lipinski definition) is 2. The van der Waals surface area contributed by atoms with E-state index >= 15 is 0 Å². The Bertz CT molecular complexity index is 1030. The van der Waals surface area contributed by atoms with E-state index in [0.29, 0.717) is 12.1 Å². The number of nitrogens with two attached hydrogens (primary N) is 1. The second-order valence-electron chi connectivity index (χ2n) is 5.61. The lowest BCUT2D eigenvalue weighted by atomic mass is 10.1. The van der Waals surface area contributed by atoms with Crippen LogP contribution in [0.2, 0.25) is 5.15 Å². The lowest BCUT2D eigenvalue weighted by Crippen LogP contribution is -2.22. The molecular formula is C16H9ClF6N6. The summed E-state index contributed by atoms with van der Waals surface area (Å²) in [7, 11) is 0. The molecule has 0 aliphatic rings. The molecule has 0 saturated carbocycles. The van der Waals surface area contributed by atoms with Gasteiger partial charge < -0.3 is 11.1 Å². The van der Waals surface area contributed by atoms with Crippen LogP contribution in [0.4, 0.5) is 37.8 Å². The summed E-state index contributed by atoms with van der Waals surface area (Å²) in [6, 6.07) is 0.693. The molecule has 0 aliphatic heterocycles. The normalized spacial score (nSPS) is 11.6. The molecule has 2 aromatic heterocycles. The van der Waals surface area contributed by atoms with Crippen LogP contribution in [-0.4, -0.2) is 32.7 Å². The van der Waals surface area contributed by atoms with Crippen LogP contribution >= 0.6 is 11.6 Å². The summed E-state index contributed by atoms with van der Waals surface area (Å²) in [4.78, 5) is 15.3. The number of rotatable bonds is 4. The quantitative estimate of drug-likeness (QED) is 0.472. The molecule has 29 heavy (non-hydrogen) atoms. The number of hydrogen-bond acceptors (Lipinski definition) is 6. The SMILES string of the molecule is Nc1cnc(-c2nc(Cl)c(-c3c(F)cc(F)cc3F)c(NCC(F)(F)F)n2)nc1. The molecule has 2 heterocycles. The van der Waals surface area contributed by atoms with Gasteiger partial charge in [-0.25, -0.2) is 33.1 Å². The number of aromatic nitrogens is 4. The molecule has 3 aromatic rings. The van der Waals surface area contributed by atoms with Gasteiger partial charge in [-0.2, -0.15) is 13.2 Å². The molecule has 3 N–H and O–H groups in total. The average Bonchev–Trinajstić information content (AvgIpc) is 2.60. The maximum atomic E-state index is 14.2. The van der Waals surface area contributed by atoms with Crippen LogP contribution in [0, 0.1) is 17.5 Å². The van der Waals surface area contributed by atoms with E-state index in [1.165, 1.54) is 12.4 Å². The minimum absolute atomic E-state index is 0.150. The zero-order valence-electron chi connectivity index (χ0n) is 14.0. The first-order valence-electron chi connectivity index (χ1n) is 7.66. The Morgan fingerprint density at radius 3 is 2.07 bits per heavy atom. The summed E-state index contributed by atoms with van der Waals surface area (Å²) >= 11 is 6.00. The maximum Gasteiger partial charge on any atom is 0.405 e. The molecule has 0 amide bonds. The zero-order chi connectivity index (χ0) is 21.3. The topological polar surface area (TPSA) is 89.6 Å². The lowest BCUT2D eigenvalue weighted by molar-refractivity contribution is -0.115. The van der Waals surface area contributed by atoms with E-state index in [9.17, 15) is 26.3 Å². The molecule has 0 fully saturated rings. The highest BCUT2D eigenvalue weighted by Crippen LogP contribution is 2.38. The number of benzene rings is 1. The predicted molar refractivity (Wildman–Crippen MR) is 92.3 cm³/mol. The van der Waals surface area contributed by atoms with E-state index in [-0.39, 0.29) is 17.3 Å². The summed E-state index contributed by atoms with van der Waals surface area (Å²) in [6.45, 7) is -1.60. The minimum atomic E-state index is -4.69. The fourth-order valence-electron chi connectivity index (χ4n) is 2.30. The molecule has 0 saturated heterocycles. The van der Waals surface area contributed by atoms with Crippen molar-refractivity contribution in [3.05, 3.63) is 47.1 Å². The average molecular weight is 435 g/mol. The van der Waals surface area contributed by atoms with Gasteiger partial charge in [-0.15, -0.1) is 0 Å². The molecule has 0 bridgehead atoms. The van der Waals surface area contributed by atoms with Gasteiger partial charge in [0.05, 0.1) is 29.2 Å². The molecule has 0 radical (unpaired) electrons. The van der Waals surface area contributed by atoms with Gasteiger partial charge in [0.15, 0.2) is 5.82 Å². The molecule has 0 spiro atoms. The van der Waals surface area contributed by atoms with Gasteiger partial charge in [-0.1, -0.05) is 11.6 Å². The third kappa shape index (κ3) is 4.65. The van der Waals surface area contributed by atoms with Gasteiger partial charge in [-0.05, 0) is 0 Å². The highest BCUT2D eigenvalue weighted by atomic mass is 35.5. The van der Waals surface area contributed by atoms with Crippen molar-refractivity contribution < 1.29 is 26.3 Å². The van der Waals surface area contributed by atoms with Crippen molar-refractivity contribution in [2.75, 3.05) is 17.6 Å². The lowest BCUT2D eigenvalue weighted by Gasteiger charge is -2.16. The third-order valence-electron chi connectivity index (χ3n) is 3.45. The summed E-state index contributed by atoms with van der Waals surface area (Å²) in [5.41, 5.74) is 4.14. The number of nitrogen functional groups attached to an aromatic ring is 1. The second-order valence-corrected chi connectivity index (χ2v) is 5.97. The summed E-state index contributed by atoms with van der Waals surface area (Å²) in [5, 5.41) is 1.31. The van der Waals surface area contributed by atoms with Gasteiger partial charge >= 0.3 is 6.18 Å². The van der Waals surface area contributed by atoms with Crippen molar-refractivity contribution in [1.29, 1.82) is 0 Å². The first kappa shape index (κ1) is 20.6. The summed E-state index contributed by atoms with van der Waals surface area (Å²) in [5.74, 6) is -5.16. The van der Waals surface area contributed by atoms with Crippen LogP contribution in [0.25, 0.3) is 22.8 Å². The molecule has 152 valence electrons. The Morgan fingerprint density at radius 1 is 0.931 bits per heavy atom. The van der Waals surface area contributed by atoms with Crippen molar-refractivity contribution in [1.82, 2.24) is 19.9 Å². The van der Waals surface area contributed by atoms with Crippen molar-refractivity contribution >= 4 is 23.1 Å². The van der Waals surface area contributed by atoms with Gasteiger partial charge in [0.2, 0.25) is 5.82 Å². The Balaban J connectivity index is 2.21. The number of anilines is 2. The van der Waals surface area contributed by atoms with Gasteiger partial charge in [-0.3, -0.25) is 0 Å².